The van der Waals surface area contributed by atoms with Crippen molar-refractivity contribution in [2.75, 3.05) is 20.2 Å². The second-order valence-electron chi connectivity index (χ2n) is 8.61. The molecule has 0 aromatic heterocycles. The van der Waals surface area contributed by atoms with E-state index in [1.807, 2.05) is 13.8 Å². The number of ether oxygens (including phenoxy) is 1. The van der Waals surface area contributed by atoms with Gasteiger partial charge in [0.2, 0.25) is 5.91 Å². The summed E-state index contributed by atoms with van der Waals surface area (Å²) in [6, 6.07) is 11.9. The summed E-state index contributed by atoms with van der Waals surface area (Å²) >= 11 is 0. The van der Waals surface area contributed by atoms with Crippen LogP contribution in [0.2, 0.25) is 0 Å². The molecule has 3 amide bonds. The highest BCUT2D eigenvalue weighted by Gasteiger charge is 2.35. The molecule has 0 spiro atoms. The van der Waals surface area contributed by atoms with Crippen molar-refractivity contribution in [3.63, 3.8) is 0 Å². The zero-order valence-electron chi connectivity index (χ0n) is 19.8. The van der Waals surface area contributed by atoms with Gasteiger partial charge in [0.25, 0.3) is 11.8 Å². The number of piperidine rings is 1. The molecule has 0 aliphatic carbocycles. The lowest BCUT2D eigenvalue weighted by Gasteiger charge is -2.36. The molecular formula is C26H32FN3O4. The van der Waals surface area contributed by atoms with E-state index in [-0.39, 0.29) is 35.2 Å². The van der Waals surface area contributed by atoms with Gasteiger partial charge in [-0.1, -0.05) is 25.1 Å². The first-order valence-electron chi connectivity index (χ1n) is 11.6. The van der Waals surface area contributed by atoms with E-state index in [1.54, 1.807) is 41.3 Å². The zero-order chi connectivity index (χ0) is 24.7. The number of halogens is 1. The zero-order valence-corrected chi connectivity index (χ0v) is 19.8. The Morgan fingerprint density at radius 1 is 1.09 bits per heavy atom. The molecule has 34 heavy (non-hydrogen) atoms. The van der Waals surface area contributed by atoms with Gasteiger partial charge in [-0.05, 0) is 62.4 Å². The van der Waals surface area contributed by atoms with E-state index in [1.165, 1.54) is 19.2 Å². The summed E-state index contributed by atoms with van der Waals surface area (Å²) in [5.41, 5.74) is 0.436. The molecule has 1 aliphatic rings. The van der Waals surface area contributed by atoms with Crippen molar-refractivity contribution >= 4 is 17.7 Å². The second kappa shape index (κ2) is 11.6. The monoisotopic (exact) mass is 469 g/mol. The lowest BCUT2D eigenvalue weighted by molar-refractivity contribution is -0.125. The van der Waals surface area contributed by atoms with E-state index < -0.39 is 11.9 Å². The average molecular weight is 470 g/mol. The highest BCUT2D eigenvalue weighted by atomic mass is 19.1. The van der Waals surface area contributed by atoms with Gasteiger partial charge in [-0.15, -0.1) is 0 Å². The van der Waals surface area contributed by atoms with Gasteiger partial charge in [-0.2, -0.15) is 0 Å². The quantitative estimate of drug-likeness (QED) is 0.620. The molecule has 2 N–H and O–H groups in total. The first kappa shape index (κ1) is 25.2. The Morgan fingerprint density at radius 3 is 2.44 bits per heavy atom. The van der Waals surface area contributed by atoms with Crippen LogP contribution in [0.4, 0.5) is 4.39 Å². The van der Waals surface area contributed by atoms with Crippen LogP contribution in [-0.2, 0) is 4.79 Å². The molecule has 3 rings (SSSR count). The van der Waals surface area contributed by atoms with Crippen molar-refractivity contribution in [1.29, 1.82) is 0 Å². The third kappa shape index (κ3) is 6.12. The van der Waals surface area contributed by atoms with Gasteiger partial charge in [0, 0.05) is 24.7 Å². The molecule has 1 saturated heterocycles. The van der Waals surface area contributed by atoms with Crippen LogP contribution in [-0.4, -0.2) is 54.9 Å². The Morgan fingerprint density at radius 2 is 1.79 bits per heavy atom. The smallest absolute Gasteiger partial charge is 0.256 e. The van der Waals surface area contributed by atoms with Gasteiger partial charge in [0.1, 0.15) is 17.6 Å². The van der Waals surface area contributed by atoms with Gasteiger partial charge in [-0.3, -0.25) is 14.4 Å². The van der Waals surface area contributed by atoms with Crippen LogP contribution in [0.1, 0.15) is 53.8 Å². The van der Waals surface area contributed by atoms with Crippen molar-refractivity contribution in [1.82, 2.24) is 15.5 Å². The fraction of sp³-hybridized carbons (Fsp3) is 0.423. The van der Waals surface area contributed by atoms with E-state index in [4.69, 9.17) is 4.74 Å². The second-order valence-corrected chi connectivity index (χ2v) is 8.61. The van der Waals surface area contributed by atoms with E-state index in [2.05, 4.69) is 10.6 Å². The van der Waals surface area contributed by atoms with E-state index in [0.29, 0.717) is 37.2 Å². The summed E-state index contributed by atoms with van der Waals surface area (Å²) in [7, 11) is 1.52. The maximum atomic E-state index is 14.1. The van der Waals surface area contributed by atoms with Crippen molar-refractivity contribution in [2.24, 2.45) is 5.92 Å². The molecule has 2 aromatic carbocycles. The average Bonchev–Trinajstić information content (AvgIpc) is 2.87. The van der Waals surface area contributed by atoms with Crippen LogP contribution >= 0.6 is 0 Å². The molecule has 1 aliphatic heterocycles. The highest BCUT2D eigenvalue weighted by Crippen LogP contribution is 2.24. The molecule has 1 fully saturated rings. The maximum absolute atomic E-state index is 14.1. The Labute approximate surface area is 199 Å². The minimum Gasteiger partial charge on any atom is -0.497 e. The van der Waals surface area contributed by atoms with Gasteiger partial charge in [-0.25, -0.2) is 4.39 Å². The molecule has 0 radical (unpaired) electrons. The topological polar surface area (TPSA) is 87.7 Å². The van der Waals surface area contributed by atoms with Gasteiger partial charge in [0.15, 0.2) is 0 Å². The molecule has 2 atom stereocenters. The number of amides is 3. The maximum Gasteiger partial charge on any atom is 0.256 e. The number of rotatable bonds is 8. The van der Waals surface area contributed by atoms with E-state index in [9.17, 15) is 18.8 Å². The van der Waals surface area contributed by atoms with Crippen LogP contribution < -0.4 is 15.4 Å². The summed E-state index contributed by atoms with van der Waals surface area (Å²) in [5, 5.41) is 5.86. The number of benzene rings is 2. The number of carbonyl (C=O) groups excluding carboxylic acids is 3. The number of nitrogens with one attached hydrogen (secondary N) is 2. The summed E-state index contributed by atoms with van der Waals surface area (Å²) in [4.78, 5) is 40.4. The van der Waals surface area contributed by atoms with Gasteiger partial charge < -0.3 is 20.3 Å². The number of methoxy groups -OCH3 is 1. The first-order chi connectivity index (χ1) is 16.3. The number of hydrogen-bond acceptors (Lipinski definition) is 4. The fourth-order valence-corrected chi connectivity index (χ4v) is 4.06. The largest absolute Gasteiger partial charge is 0.497 e. The lowest BCUT2D eigenvalue weighted by atomic mass is 9.88. The minimum atomic E-state index is -0.751. The van der Waals surface area contributed by atoms with Crippen LogP contribution in [0.25, 0.3) is 0 Å². The fourth-order valence-electron chi connectivity index (χ4n) is 4.06. The highest BCUT2D eigenvalue weighted by molar-refractivity contribution is 5.98. The third-order valence-corrected chi connectivity index (χ3v) is 6.30. The molecule has 2 aromatic rings. The van der Waals surface area contributed by atoms with Crippen molar-refractivity contribution in [2.45, 2.75) is 45.2 Å². The SMILES string of the molecule is CC[C@@H](C)NC(=O)[C@@H](NC(=O)c1cccc(OC)c1)C1CCN(C(=O)c2ccccc2F)CC1. The van der Waals surface area contributed by atoms with Crippen LogP contribution in [0, 0.1) is 11.7 Å². The normalized spacial score (nSPS) is 15.8. The molecular weight excluding hydrogens is 437 g/mol. The summed E-state index contributed by atoms with van der Waals surface area (Å²) in [6.45, 7) is 4.63. The summed E-state index contributed by atoms with van der Waals surface area (Å²) in [5.74, 6) is -1.14. The molecule has 0 bridgehead atoms. The molecule has 182 valence electrons. The minimum absolute atomic E-state index is 0.0357. The number of carbonyl (C=O) groups is 3. The van der Waals surface area contributed by atoms with Crippen LogP contribution in [0.5, 0.6) is 5.75 Å². The predicted molar refractivity (Wildman–Crippen MR) is 127 cm³/mol. The molecule has 8 heteroatoms. The number of hydrogen-bond donors (Lipinski definition) is 2. The van der Waals surface area contributed by atoms with Gasteiger partial charge >= 0.3 is 0 Å². The van der Waals surface area contributed by atoms with E-state index in [0.717, 1.165) is 6.42 Å². The lowest BCUT2D eigenvalue weighted by Crippen LogP contribution is -2.55. The number of likely N-dealkylation sites (tertiary alicyclic amines) is 1. The van der Waals surface area contributed by atoms with Crippen molar-refractivity contribution in [3.05, 3.63) is 65.5 Å². The summed E-state index contributed by atoms with van der Waals surface area (Å²) < 4.78 is 19.3. The Hall–Kier alpha value is -3.42. The van der Waals surface area contributed by atoms with Crippen LogP contribution in [0.3, 0.4) is 0 Å². The number of nitrogens with zero attached hydrogens (tertiary/aromatic N) is 1. The van der Waals surface area contributed by atoms with Crippen LogP contribution in [0.15, 0.2) is 48.5 Å². The Bertz CT molecular complexity index is 1020. The Kier molecular flexibility index (Phi) is 8.62. The molecule has 1 heterocycles. The molecule has 0 saturated carbocycles. The molecule has 0 unspecified atom stereocenters. The standard InChI is InChI=1S/C26H32FN3O4/c1-4-17(2)28-25(32)23(29-24(31)19-8-7-9-20(16-19)34-3)18-12-14-30(15-13-18)26(33)21-10-5-6-11-22(21)27/h5-11,16-18,23H,4,12-15H2,1-3H3,(H,28,32)(H,29,31)/t17-,23+/m1/s1. The Balaban J connectivity index is 1.72. The predicted octanol–water partition coefficient (Wildman–Crippen LogP) is 3.40. The van der Waals surface area contributed by atoms with Crippen molar-refractivity contribution in [3.8, 4) is 5.75 Å². The van der Waals surface area contributed by atoms with Gasteiger partial charge in [0.05, 0.1) is 12.7 Å². The summed E-state index contributed by atoms with van der Waals surface area (Å²) in [6.07, 6.45) is 1.78. The first-order valence-corrected chi connectivity index (χ1v) is 11.6. The van der Waals surface area contributed by atoms with E-state index >= 15 is 0 Å². The molecule has 7 nitrogen and oxygen atoms in total. The third-order valence-electron chi connectivity index (χ3n) is 6.30. The van der Waals surface area contributed by atoms with Crippen molar-refractivity contribution < 1.29 is 23.5 Å².